The Kier molecular flexibility index (Phi) is 1.46. The molecule has 50 valence electrons. The van der Waals surface area contributed by atoms with Crippen molar-refractivity contribution in [2.24, 2.45) is 12.8 Å². The Morgan fingerprint density at radius 3 is 3.22 bits per heavy atom. The standard InChI is InChI=1S/C6H11N3/c1-9-4-6(2-3-7)8-5-9/h4-5H,2-3,7H2,1H3/i3T/t3-/m1/s1. The molecule has 1 rings (SSSR count). The third-order valence-electron chi connectivity index (χ3n) is 1.09. The molecular weight excluding hydrogens is 114 g/mol. The number of rotatable bonds is 2. The van der Waals surface area contributed by atoms with Gasteiger partial charge in [0, 0.05) is 21.0 Å². The normalized spacial score (nSPS) is 15.1. The summed E-state index contributed by atoms with van der Waals surface area (Å²) in [6.45, 7) is -0.546. The lowest BCUT2D eigenvalue weighted by atomic mass is 10.3. The maximum atomic E-state index is 7.05. The van der Waals surface area contributed by atoms with Crippen LogP contribution in [0.2, 0.25) is 0 Å². The van der Waals surface area contributed by atoms with Crippen LogP contribution in [0.1, 0.15) is 7.06 Å². The molecule has 0 saturated carbocycles. The zero-order chi connectivity index (χ0) is 7.56. The summed E-state index contributed by atoms with van der Waals surface area (Å²) in [6.07, 6.45) is 4.10. The van der Waals surface area contributed by atoms with E-state index < -0.39 is 6.52 Å². The molecule has 0 saturated heterocycles. The molecule has 2 N–H and O–H groups in total. The van der Waals surface area contributed by atoms with Gasteiger partial charge in [0.05, 0.1) is 12.0 Å². The van der Waals surface area contributed by atoms with Crippen LogP contribution in [0.15, 0.2) is 12.5 Å². The maximum Gasteiger partial charge on any atom is 0.0946 e. The molecule has 1 aromatic heterocycles. The van der Waals surface area contributed by atoms with Gasteiger partial charge in [-0.1, -0.05) is 0 Å². The highest BCUT2D eigenvalue weighted by molar-refractivity contribution is 4.95. The van der Waals surface area contributed by atoms with Gasteiger partial charge in [0.1, 0.15) is 0 Å². The second-order valence-electron chi connectivity index (χ2n) is 1.97. The minimum atomic E-state index is -0.546. The molecule has 0 radical (unpaired) electrons. The molecule has 0 unspecified atom stereocenters. The lowest BCUT2D eigenvalue weighted by Crippen LogP contribution is -2.02. The van der Waals surface area contributed by atoms with Crippen LogP contribution in [-0.4, -0.2) is 16.1 Å². The van der Waals surface area contributed by atoms with E-state index in [1.165, 1.54) is 0 Å². The lowest BCUT2D eigenvalue weighted by molar-refractivity contribution is 0.906. The number of imidazole rings is 1. The van der Waals surface area contributed by atoms with E-state index in [1.54, 1.807) is 6.33 Å². The molecule has 0 aromatic carbocycles. The molecule has 0 aliphatic rings. The van der Waals surface area contributed by atoms with E-state index in [-0.39, 0.29) is 0 Å². The van der Waals surface area contributed by atoms with E-state index in [9.17, 15) is 0 Å². The molecule has 0 aliphatic carbocycles. The van der Waals surface area contributed by atoms with Gasteiger partial charge >= 0.3 is 0 Å². The molecule has 0 aliphatic heterocycles. The summed E-state index contributed by atoms with van der Waals surface area (Å²) in [5.74, 6) is 0. The predicted molar refractivity (Wildman–Crippen MR) is 36.0 cm³/mol. The van der Waals surface area contributed by atoms with Crippen LogP contribution in [0.3, 0.4) is 0 Å². The Labute approximate surface area is 55.9 Å². The van der Waals surface area contributed by atoms with Crippen molar-refractivity contribution in [2.75, 3.05) is 6.52 Å². The highest BCUT2D eigenvalue weighted by atomic mass is 15.0. The Bertz CT molecular complexity index is 207. The molecule has 1 aromatic rings. The van der Waals surface area contributed by atoms with Gasteiger partial charge in [0.25, 0.3) is 0 Å². The van der Waals surface area contributed by atoms with Crippen molar-refractivity contribution < 1.29 is 1.37 Å². The predicted octanol–water partition coefficient (Wildman–Crippen LogP) is -0.0787. The van der Waals surface area contributed by atoms with Crippen LogP contribution in [0, 0.1) is 0 Å². The van der Waals surface area contributed by atoms with Crippen molar-refractivity contribution in [3.63, 3.8) is 0 Å². The summed E-state index contributed by atoms with van der Waals surface area (Å²) in [6, 6.07) is 0. The lowest BCUT2D eigenvalue weighted by Gasteiger charge is -1.86. The Morgan fingerprint density at radius 1 is 2.00 bits per heavy atom. The maximum absolute atomic E-state index is 7.05. The summed E-state index contributed by atoms with van der Waals surface area (Å²) in [4.78, 5) is 4.02. The average molecular weight is 127 g/mol. The van der Waals surface area contributed by atoms with E-state index in [1.807, 2.05) is 17.8 Å². The van der Waals surface area contributed by atoms with E-state index in [0.717, 1.165) is 5.69 Å². The molecule has 0 spiro atoms. The number of aryl methyl sites for hydroxylation is 2. The van der Waals surface area contributed by atoms with Crippen LogP contribution >= 0.6 is 0 Å². The quantitative estimate of drug-likeness (QED) is 0.604. The largest absolute Gasteiger partial charge is 0.340 e. The van der Waals surface area contributed by atoms with Gasteiger partial charge in [-0.05, 0) is 6.52 Å². The van der Waals surface area contributed by atoms with Gasteiger partial charge in [-0.15, -0.1) is 0 Å². The SMILES string of the molecule is [3H][C@@H](N)Cc1cn(C)cn1. The Hall–Kier alpha value is -0.830. The van der Waals surface area contributed by atoms with Gasteiger partial charge in [0.15, 0.2) is 0 Å². The third kappa shape index (κ3) is 1.54. The fraction of sp³-hybridized carbons (Fsp3) is 0.500. The minimum absolute atomic E-state index is 0.529. The number of hydrogen-bond donors (Lipinski definition) is 1. The zero-order valence-corrected chi connectivity index (χ0v) is 5.41. The minimum Gasteiger partial charge on any atom is -0.340 e. The van der Waals surface area contributed by atoms with Crippen LogP contribution in [0.25, 0.3) is 0 Å². The van der Waals surface area contributed by atoms with Crippen LogP contribution in [0.5, 0.6) is 0 Å². The fourth-order valence-electron chi connectivity index (χ4n) is 0.693. The highest BCUT2D eigenvalue weighted by Gasteiger charge is 1.91. The average Bonchev–Trinajstić information content (AvgIpc) is 2.13. The molecule has 3 nitrogen and oxygen atoms in total. The first-order valence-electron chi connectivity index (χ1n) is 3.41. The molecule has 1 atom stereocenters. The zero-order valence-electron chi connectivity index (χ0n) is 6.41. The molecule has 9 heavy (non-hydrogen) atoms. The second-order valence-corrected chi connectivity index (χ2v) is 1.97. The second kappa shape index (κ2) is 2.64. The van der Waals surface area contributed by atoms with E-state index >= 15 is 0 Å². The first-order chi connectivity index (χ1) is 4.68. The summed E-state index contributed by atoms with van der Waals surface area (Å²) in [5.41, 5.74) is 6.13. The molecule has 0 bridgehead atoms. The van der Waals surface area contributed by atoms with E-state index in [0.29, 0.717) is 6.42 Å². The van der Waals surface area contributed by atoms with E-state index in [2.05, 4.69) is 4.98 Å². The summed E-state index contributed by atoms with van der Waals surface area (Å²) in [7, 11) is 1.89. The van der Waals surface area contributed by atoms with E-state index in [4.69, 9.17) is 7.10 Å². The fourth-order valence-corrected chi connectivity index (χ4v) is 0.693. The van der Waals surface area contributed by atoms with Crippen molar-refractivity contribution in [1.29, 1.82) is 0 Å². The first kappa shape index (κ1) is 4.99. The Morgan fingerprint density at radius 2 is 2.78 bits per heavy atom. The van der Waals surface area contributed by atoms with Crippen molar-refractivity contribution in [1.82, 2.24) is 9.55 Å². The van der Waals surface area contributed by atoms with Crippen LogP contribution < -0.4 is 5.73 Å². The molecule has 3 heteroatoms. The number of nitrogens with zero attached hydrogens (tertiary/aromatic N) is 2. The molecular formula is C6H11N3. The highest BCUT2D eigenvalue weighted by Crippen LogP contribution is 1.92. The van der Waals surface area contributed by atoms with Crippen LogP contribution in [-0.2, 0) is 13.5 Å². The molecule has 0 fully saturated rings. The Balaban J connectivity index is 2.58. The van der Waals surface area contributed by atoms with Gasteiger partial charge in [-0.3, -0.25) is 0 Å². The first-order valence-corrected chi connectivity index (χ1v) is 2.83. The third-order valence-corrected chi connectivity index (χ3v) is 1.09. The smallest absolute Gasteiger partial charge is 0.0946 e. The summed E-state index contributed by atoms with van der Waals surface area (Å²) in [5, 5.41) is 0. The topological polar surface area (TPSA) is 43.8 Å². The van der Waals surface area contributed by atoms with Gasteiger partial charge in [0.2, 0.25) is 0 Å². The summed E-state index contributed by atoms with van der Waals surface area (Å²) < 4.78 is 8.90. The number of aromatic nitrogens is 2. The van der Waals surface area contributed by atoms with Gasteiger partial charge in [-0.2, -0.15) is 0 Å². The van der Waals surface area contributed by atoms with Gasteiger partial charge < -0.3 is 10.3 Å². The van der Waals surface area contributed by atoms with Crippen molar-refractivity contribution in [2.45, 2.75) is 6.42 Å². The number of hydrogen-bond acceptors (Lipinski definition) is 2. The summed E-state index contributed by atoms with van der Waals surface area (Å²) >= 11 is 0. The van der Waals surface area contributed by atoms with Crippen LogP contribution in [0.4, 0.5) is 0 Å². The van der Waals surface area contributed by atoms with Crippen molar-refractivity contribution in [3.05, 3.63) is 18.2 Å². The van der Waals surface area contributed by atoms with Gasteiger partial charge in [-0.25, -0.2) is 4.98 Å². The van der Waals surface area contributed by atoms with Crippen molar-refractivity contribution >= 4 is 0 Å². The monoisotopic (exact) mass is 127 g/mol. The molecule has 1 heterocycles. The number of nitrogens with two attached hydrogens (primary N) is 1. The molecule has 0 amide bonds. The van der Waals surface area contributed by atoms with Crippen molar-refractivity contribution in [3.8, 4) is 0 Å².